The summed E-state index contributed by atoms with van der Waals surface area (Å²) in [5.41, 5.74) is 2.23. The Balaban J connectivity index is 1.40. The third kappa shape index (κ3) is 5.48. The minimum Gasteiger partial charge on any atom is -0.495 e. The van der Waals surface area contributed by atoms with Gasteiger partial charge in [-0.1, -0.05) is 41.4 Å². The summed E-state index contributed by atoms with van der Waals surface area (Å²) in [6, 6.07) is 21.6. The number of carbonyl (C=O) groups is 1. The van der Waals surface area contributed by atoms with Gasteiger partial charge in [-0.15, -0.1) is 0 Å². The highest BCUT2D eigenvalue weighted by Gasteiger charge is 2.41. The number of ether oxygens (including phenoxy) is 1. The lowest BCUT2D eigenvalue weighted by Crippen LogP contribution is -2.32. The number of thiocarbonyl (C=S) groups is 1. The monoisotopic (exact) mass is 566 g/mol. The van der Waals surface area contributed by atoms with E-state index < -0.39 is 0 Å². The van der Waals surface area contributed by atoms with Crippen LogP contribution in [0.3, 0.4) is 0 Å². The third-order valence-corrected chi connectivity index (χ3v) is 7.37. The van der Waals surface area contributed by atoms with E-state index in [4.69, 9.17) is 44.6 Å². The molecule has 2 aromatic heterocycles. The molecular formula is C28H24Cl2N4O3S. The zero-order valence-electron chi connectivity index (χ0n) is 20.4. The lowest BCUT2D eigenvalue weighted by molar-refractivity contribution is -0.116. The van der Waals surface area contributed by atoms with Crippen LogP contribution in [0.4, 0.5) is 5.69 Å². The van der Waals surface area contributed by atoms with E-state index in [1.807, 2.05) is 53.4 Å². The minimum absolute atomic E-state index is 0.159. The second kappa shape index (κ2) is 11.4. The quantitative estimate of drug-likeness (QED) is 0.231. The average Bonchev–Trinajstić information content (AvgIpc) is 3.54. The molecule has 1 amide bonds. The summed E-state index contributed by atoms with van der Waals surface area (Å²) in [6.45, 7) is 0.365. The van der Waals surface area contributed by atoms with Gasteiger partial charge in [0, 0.05) is 24.7 Å². The van der Waals surface area contributed by atoms with Gasteiger partial charge in [-0.2, -0.15) is 0 Å². The molecule has 0 saturated carbocycles. The molecule has 5 rings (SSSR count). The molecule has 1 aliphatic rings. The molecule has 7 nitrogen and oxygen atoms in total. The number of rotatable bonds is 8. The van der Waals surface area contributed by atoms with Crippen LogP contribution in [0.15, 0.2) is 83.4 Å². The Morgan fingerprint density at radius 1 is 1.11 bits per heavy atom. The molecule has 2 aromatic carbocycles. The molecule has 0 bridgehead atoms. The number of nitrogens with zero attached hydrogens (tertiary/aromatic N) is 2. The molecular weight excluding hydrogens is 543 g/mol. The molecule has 0 spiro atoms. The predicted octanol–water partition coefficient (Wildman–Crippen LogP) is 6.66. The number of amides is 1. The van der Waals surface area contributed by atoms with Gasteiger partial charge in [-0.3, -0.25) is 9.78 Å². The van der Waals surface area contributed by atoms with Crippen LogP contribution in [-0.2, 0) is 4.79 Å². The van der Waals surface area contributed by atoms with E-state index in [-0.39, 0.29) is 24.4 Å². The van der Waals surface area contributed by atoms with Crippen molar-refractivity contribution in [3.63, 3.8) is 0 Å². The number of nitrogens with one attached hydrogen (secondary N) is 2. The first-order valence-electron chi connectivity index (χ1n) is 11.9. The Kier molecular flexibility index (Phi) is 7.83. The zero-order chi connectivity index (χ0) is 26.6. The molecule has 38 heavy (non-hydrogen) atoms. The van der Waals surface area contributed by atoms with Crippen LogP contribution in [0.2, 0.25) is 10.0 Å². The summed E-state index contributed by atoms with van der Waals surface area (Å²) in [4.78, 5) is 19.4. The van der Waals surface area contributed by atoms with Crippen LogP contribution in [0.1, 0.15) is 30.0 Å². The molecule has 0 radical (unpaired) electrons. The summed E-state index contributed by atoms with van der Waals surface area (Å²) in [7, 11) is 1.57. The van der Waals surface area contributed by atoms with E-state index in [2.05, 4.69) is 15.6 Å². The number of halogens is 2. The molecule has 1 saturated heterocycles. The molecule has 1 aliphatic heterocycles. The number of para-hydroxylation sites is 2. The summed E-state index contributed by atoms with van der Waals surface area (Å²) in [5.74, 6) is 1.76. The molecule has 10 heteroatoms. The SMILES string of the molecule is COc1ccccc1NC(=O)CCN1C(=S)N[C@H](c2ccccn2)[C@H]1c1ccc(-c2ccc(Cl)c(Cl)c2)o1. The van der Waals surface area contributed by atoms with Crippen molar-refractivity contribution in [1.29, 1.82) is 0 Å². The maximum absolute atomic E-state index is 12.9. The Hall–Kier alpha value is -3.59. The second-order valence-corrected chi connectivity index (χ2v) is 9.85. The highest BCUT2D eigenvalue weighted by Crippen LogP contribution is 2.41. The summed E-state index contributed by atoms with van der Waals surface area (Å²) in [6.07, 6.45) is 1.94. The van der Waals surface area contributed by atoms with Crippen LogP contribution >= 0.6 is 35.4 Å². The predicted molar refractivity (Wildman–Crippen MR) is 153 cm³/mol. The Morgan fingerprint density at radius 2 is 1.92 bits per heavy atom. The first-order chi connectivity index (χ1) is 18.4. The minimum atomic E-state index is -0.326. The number of benzene rings is 2. The van der Waals surface area contributed by atoms with E-state index in [0.717, 1.165) is 11.3 Å². The van der Waals surface area contributed by atoms with E-state index in [0.29, 0.717) is 44.7 Å². The van der Waals surface area contributed by atoms with Crippen LogP contribution < -0.4 is 15.4 Å². The van der Waals surface area contributed by atoms with Gasteiger partial charge in [-0.25, -0.2) is 0 Å². The molecule has 3 heterocycles. The highest BCUT2D eigenvalue weighted by molar-refractivity contribution is 7.80. The molecule has 0 unspecified atom stereocenters. The fourth-order valence-corrected chi connectivity index (χ4v) is 5.08. The van der Waals surface area contributed by atoms with Crippen molar-refractivity contribution < 1.29 is 13.9 Å². The second-order valence-electron chi connectivity index (χ2n) is 8.65. The van der Waals surface area contributed by atoms with Gasteiger partial charge in [-0.05, 0) is 66.8 Å². The van der Waals surface area contributed by atoms with Gasteiger partial charge in [0.15, 0.2) is 5.11 Å². The normalized spacial score (nSPS) is 16.8. The number of hydrogen-bond donors (Lipinski definition) is 2. The maximum atomic E-state index is 12.9. The average molecular weight is 567 g/mol. The topological polar surface area (TPSA) is 79.6 Å². The van der Waals surface area contributed by atoms with Gasteiger partial charge in [0.1, 0.15) is 23.3 Å². The van der Waals surface area contributed by atoms with Crippen molar-refractivity contribution in [2.45, 2.75) is 18.5 Å². The number of carbonyl (C=O) groups excluding carboxylic acids is 1. The zero-order valence-corrected chi connectivity index (χ0v) is 22.7. The first-order valence-corrected chi connectivity index (χ1v) is 13.1. The van der Waals surface area contributed by atoms with Crippen molar-refractivity contribution in [2.75, 3.05) is 19.0 Å². The molecule has 0 aliphatic carbocycles. The van der Waals surface area contributed by atoms with E-state index >= 15 is 0 Å². The van der Waals surface area contributed by atoms with Crippen LogP contribution in [-0.4, -0.2) is 34.6 Å². The van der Waals surface area contributed by atoms with E-state index in [9.17, 15) is 4.79 Å². The summed E-state index contributed by atoms with van der Waals surface area (Å²) in [5, 5.41) is 7.72. The molecule has 2 atom stereocenters. The van der Waals surface area contributed by atoms with Crippen molar-refractivity contribution in [2.24, 2.45) is 0 Å². The Morgan fingerprint density at radius 3 is 2.68 bits per heavy atom. The van der Waals surface area contributed by atoms with E-state index in [1.165, 1.54) is 0 Å². The number of furan rings is 1. The van der Waals surface area contributed by atoms with Gasteiger partial charge in [0.05, 0.1) is 34.6 Å². The first kappa shape index (κ1) is 26.0. The summed E-state index contributed by atoms with van der Waals surface area (Å²) < 4.78 is 11.7. The maximum Gasteiger partial charge on any atom is 0.226 e. The number of anilines is 1. The molecule has 194 valence electrons. The fraction of sp³-hybridized carbons (Fsp3) is 0.179. The van der Waals surface area contributed by atoms with Gasteiger partial charge in [0.2, 0.25) is 5.91 Å². The molecule has 4 aromatic rings. The lowest BCUT2D eigenvalue weighted by Gasteiger charge is -2.26. The van der Waals surface area contributed by atoms with Gasteiger partial charge < -0.3 is 24.7 Å². The largest absolute Gasteiger partial charge is 0.495 e. The third-order valence-electron chi connectivity index (χ3n) is 6.28. The standard InChI is InChI=1S/C28H24Cl2N4O3S/c1-36-23-8-3-2-6-20(23)32-25(35)13-15-34-27(26(33-28(34)38)21-7-4-5-14-31-21)24-12-11-22(37-24)17-9-10-18(29)19(30)16-17/h2-12,14,16,26-27H,13,15H2,1H3,(H,32,35)(H,33,38)/t26-,27-/m1/s1. The van der Waals surface area contributed by atoms with E-state index in [1.54, 1.807) is 37.6 Å². The fourth-order valence-electron chi connectivity index (χ4n) is 4.45. The van der Waals surface area contributed by atoms with Gasteiger partial charge >= 0.3 is 0 Å². The van der Waals surface area contributed by atoms with Crippen LogP contribution in [0.5, 0.6) is 5.75 Å². The molecule has 2 N–H and O–H groups in total. The highest BCUT2D eigenvalue weighted by atomic mass is 35.5. The van der Waals surface area contributed by atoms with Crippen molar-refractivity contribution in [3.8, 4) is 17.1 Å². The van der Waals surface area contributed by atoms with Gasteiger partial charge in [0.25, 0.3) is 0 Å². The van der Waals surface area contributed by atoms with Crippen molar-refractivity contribution in [1.82, 2.24) is 15.2 Å². The van der Waals surface area contributed by atoms with Crippen molar-refractivity contribution in [3.05, 3.63) is 100 Å². The van der Waals surface area contributed by atoms with Crippen LogP contribution in [0.25, 0.3) is 11.3 Å². The number of aromatic nitrogens is 1. The van der Waals surface area contributed by atoms with Crippen molar-refractivity contribution >= 4 is 52.1 Å². The molecule has 1 fully saturated rings. The number of hydrogen-bond acceptors (Lipinski definition) is 5. The number of pyridine rings is 1. The number of methoxy groups -OCH3 is 1. The Bertz CT molecular complexity index is 1460. The smallest absolute Gasteiger partial charge is 0.226 e. The lowest BCUT2D eigenvalue weighted by atomic mass is 10.0. The summed E-state index contributed by atoms with van der Waals surface area (Å²) >= 11 is 18.0. The van der Waals surface area contributed by atoms with Crippen LogP contribution in [0, 0.1) is 0 Å². The Labute approximate surface area is 235 Å².